The summed E-state index contributed by atoms with van der Waals surface area (Å²) in [5.74, 6) is 0.808. The molecule has 0 aliphatic heterocycles. The highest BCUT2D eigenvalue weighted by atomic mass is 16.5. The minimum absolute atomic E-state index is 0.808. The van der Waals surface area contributed by atoms with Crippen LogP contribution in [-0.4, -0.2) is 16.9 Å². The predicted octanol–water partition coefficient (Wildman–Crippen LogP) is 2.13. The smallest absolute Gasteiger partial charge is 0.156 e. The second kappa shape index (κ2) is 4.64. The second-order valence-corrected chi connectivity index (χ2v) is 3.38. The molecule has 2 aromatic rings. The van der Waals surface area contributed by atoms with E-state index in [9.17, 15) is 0 Å². The Kier molecular flexibility index (Phi) is 3.02. The van der Waals surface area contributed by atoms with E-state index in [1.807, 2.05) is 16.9 Å². The van der Waals surface area contributed by atoms with Crippen molar-refractivity contribution >= 4 is 0 Å². The summed E-state index contributed by atoms with van der Waals surface area (Å²) in [5, 5.41) is 4.19. The molecule has 0 bridgehead atoms. The molecule has 0 spiro atoms. The van der Waals surface area contributed by atoms with Gasteiger partial charge < -0.3 is 4.74 Å². The molecule has 0 fully saturated rings. The van der Waals surface area contributed by atoms with Crippen LogP contribution in [0.15, 0.2) is 42.7 Å². The van der Waals surface area contributed by atoms with Crippen LogP contribution in [0.25, 0.3) is 0 Å². The Hall–Kier alpha value is -1.77. The van der Waals surface area contributed by atoms with Gasteiger partial charge >= 0.3 is 0 Å². The van der Waals surface area contributed by atoms with Crippen molar-refractivity contribution in [3.05, 3.63) is 48.3 Å². The molecule has 1 aromatic carbocycles. The number of aryl methyl sites for hydroxylation is 2. The van der Waals surface area contributed by atoms with Crippen LogP contribution in [0.4, 0.5) is 0 Å². The summed E-state index contributed by atoms with van der Waals surface area (Å²) < 4.78 is 6.96. The summed E-state index contributed by atoms with van der Waals surface area (Å²) in [6.45, 7) is 0.882. The van der Waals surface area contributed by atoms with Crippen LogP contribution in [0.1, 0.15) is 5.56 Å². The number of hydrogen-bond acceptors (Lipinski definition) is 2. The molecule has 1 heterocycles. The number of aromatic nitrogens is 2. The van der Waals surface area contributed by atoms with Crippen molar-refractivity contribution in [1.82, 2.24) is 9.78 Å². The molecule has 0 N–H and O–H groups in total. The van der Waals surface area contributed by atoms with Crippen LogP contribution >= 0.6 is 0 Å². The standard InChI is InChI=1S/C12H14N2O/c1-15-12-9-13-14(10-12)8-7-11-5-3-2-4-6-11/h2-6,9-10H,7-8H2,1H3. The third-order valence-corrected chi connectivity index (χ3v) is 2.32. The van der Waals surface area contributed by atoms with Gasteiger partial charge in [-0.2, -0.15) is 5.10 Å². The highest BCUT2D eigenvalue weighted by Gasteiger charge is 1.97. The first kappa shape index (κ1) is 9.77. The van der Waals surface area contributed by atoms with Crippen molar-refractivity contribution in [2.45, 2.75) is 13.0 Å². The van der Waals surface area contributed by atoms with Crippen LogP contribution in [0.3, 0.4) is 0 Å². The van der Waals surface area contributed by atoms with Gasteiger partial charge in [-0.15, -0.1) is 0 Å². The molecule has 0 radical (unpaired) electrons. The molecule has 3 nitrogen and oxygen atoms in total. The minimum Gasteiger partial charge on any atom is -0.493 e. The van der Waals surface area contributed by atoms with Gasteiger partial charge in [0.25, 0.3) is 0 Å². The Morgan fingerprint density at radius 1 is 1.27 bits per heavy atom. The van der Waals surface area contributed by atoms with Gasteiger partial charge in [-0.05, 0) is 12.0 Å². The topological polar surface area (TPSA) is 27.1 Å². The summed E-state index contributed by atoms with van der Waals surface area (Å²) in [7, 11) is 1.65. The third kappa shape index (κ3) is 2.59. The average Bonchev–Trinajstić information content (AvgIpc) is 2.76. The van der Waals surface area contributed by atoms with Crippen molar-refractivity contribution in [3.63, 3.8) is 0 Å². The molecule has 0 saturated heterocycles. The summed E-state index contributed by atoms with van der Waals surface area (Å²) in [6.07, 6.45) is 4.62. The van der Waals surface area contributed by atoms with Gasteiger partial charge in [-0.25, -0.2) is 0 Å². The van der Waals surface area contributed by atoms with E-state index in [1.165, 1.54) is 5.56 Å². The fourth-order valence-electron chi connectivity index (χ4n) is 1.46. The lowest BCUT2D eigenvalue weighted by atomic mass is 10.1. The van der Waals surface area contributed by atoms with E-state index in [-0.39, 0.29) is 0 Å². The fourth-order valence-corrected chi connectivity index (χ4v) is 1.46. The Labute approximate surface area is 89.3 Å². The Morgan fingerprint density at radius 2 is 2.07 bits per heavy atom. The van der Waals surface area contributed by atoms with E-state index < -0.39 is 0 Å². The molecule has 0 saturated carbocycles. The normalized spacial score (nSPS) is 10.2. The van der Waals surface area contributed by atoms with Gasteiger partial charge in [0.2, 0.25) is 0 Å². The molecule has 78 valence electrons. The molecule has 0 aliphatic rings. The van der Waals surface area contributed by atoms with Crippen LogP contribution < -0.4 is 4.74 Å². The summed E-state index contributed by atoms with van der Waals surface area (Å²) in [4.78, 5) is 0. The monoisotopic (exact) mass is 202 g/mol. The highest BCUT2D eigenvalue weighted by Crippen LogP contribution is 2.08. The first-order valence-electron chi connectivity index (χ1n) is 4.99. The quantitative estimate of drug-likeness (QED) is 0.759. The number of hydrogen-bond donors (Lipinski definition) is 0. The zero-order valence-electron chi connectivity index (χ0n) is 8.76. The first-order valence-corrected chi connectivity index (χ1v) is 4.99. The maximum absolute atomic E-state index is 5.06. The zero-order chi connectivity index (χ0) is 10.5. The van der Waals surface area contributed by atoms with E-state index in [2.05, 4.69) is 29.4 Å². The molecule has 15 heavy (non-hydrogen) atoms. The van der Waals surface area contributed by atoms with Crippen LogP contribution in [0.5, 0.6) is 5.75 Å². The number of benzene rings is 1. The maximum atomic E-state index is 5.06. The van der Waals surface area contributed by atoms with Crippen LogP contribution in [-0.2, 0) is 13.0 Å². The maximum Gasteiger partial charge on any atom is 0.156 e. The fraction of sp³-hybridized carbons (Fsp3) is 0.250. The molecule has 0 atom stereocenters. The Balaban J connectivity index is 1.93. The van der Waals surface area contributed by atoms with Gasteiger partial charge in [0.15, 0.2) is 5.75 Å². The lowest BCUT2D eigenvalue weighted by Gasteiger charge is -2.01. The number of rotatable bonds is 4. The third-order valence-electron chi connectivity index (χ3n) is 2.32. The molecule has 3 heteroatoms. The lowest BCUT2D eigenvalue weighted by molar-refractivity contribution is 0.413. The molecular weight excluding hydrogens is 188 g/mol. The largest absolute Gasteiger partial charge is 0.493 e. The highest BCUT2D eigenvalue weighted by molar-refractivity contribution is 5.15. The van der Waals surface area contributed by atoms with Gasteiger partial charge in [-0.1, -0.05) is 30.3 Å². The van der Waals surface area contributed by atoms with Crippen molar-refractivity contribution in [2.24, 2.45) is 0 Å². The van der Waals surface area contributed by atoms with E-state index in [4.69, 9.17) is 4.74 Å². The number of ether oxygens (including phenoxy) is 1. The number of nitrogens with zero attached hydrogens (tertiary/aromatic N) is 2. The van der Waals surface area contributed by atoms with Gasteiger partial charge in [0, 0.05) is 6.54 Å². The van der Waals surface area contributed by atoms with Gasteiger partial charge in [0.1, 0.15) is 0 Å². The first-order chi connectivity index (χ1) is 7.38. The van der Waals surface area contributed by atoms with Crippen molar-refractivity contribution in [1.29, 1.82) is 0 Å². The van der Waals surface area contributed by atoms with E-state index >= 15 is 0 Å². The van der Waals surface area contributed by atoms with E-state index in [1.54, 1.807) is 13.3 Å². The summed E-state index contributed by atoms with van der Waals surface area (Å²) >= 11 is 0. The van der Waals surface area contributed by atoms with Gasteiger partial charge in [-0.3, -0.25) is 4.68 Å². The Morgan fingerprint density at radius 3 is 2.73 bits per heavy atom. The molecule has 1 aromatic heterocycles. The second-order valence-electron chi connectivity index (χ2n) is 3.38. The molecule has 0 amide bonds. The van der Waals surface area contributed by atoms with Crippen LogP contribution in [0, 0.1) is 0 Å². The average molecular weight is 202 g/mol. The van der Waals surface area contributed by atoms with Gasteiger partial charge in [0.05, 0.1) is 19.5 Å². The summed E-state index contributed by atoms with van der Waals surface area (Å²) in [6, 6.07) is 10.4. The van der Waals surface area contributed by atoms with Crippen molar-refractivity contribution in [2.75, 3.05) is 7.11 Å². The van der Waals surface area contributed by atoms with Crippen molar-refractivity contribution < 1.29 is 4.74 Å². The molecule has 2 rings (SSSR count). The zero-order valence-corrected chi connectivity index (χ0v) is 8.76. The van der Waals surface area contributed by atoms with Crippen molar-refractivity contribution in [3.8, 4) is 5.75 Å². The molecular formula is C12H14N2O. The van der Waals surface area contributed by atoms with Crippen LogP contribution in [0.2, 0.25) is 0 Å². The number of methoxy groups -OCH3 is 1. The predicted molar refractivity (Wildman–Crippen MR) is 58.9 cm³/mol. The van der Waals surface area contributed by atoms with E-state index in [0.29, 0.717) is 0 Å². The summed E-state index contributed by atoms with van der Waals surface area (Å²) in [5.41, 5.74) is 1.33. The minimum atomic E-state index is 0.808. The lowest BCUT2D eigenvalue weighted by Crippen LogP contribution is -2.01. The molecule has 0 aliphatic carbocycles. The Bertz CT molecular complexity index is 409. The SMILES string of the molecule is COc1cnn(CCc2ccccc2)c1. The van der Waals surface area contributed by atoms with E-state index in [0.717, 1.165) is 18.7 Å². The molecule has 0 unspecified atom stereocenters.